The van der Waals surface area contributed by atoms with Crippen molar-refractivity contribution in [1.29, 1.82) is 0 Å². The van der Waals surface area contributed by atoms with Gasteiger partial charge in [-0.2, -0.15) is 0 Å². The second-order valence-corrected chi connectivity index (χ2v) is 16.7. The molecule has 4 heteroatoms. The minimum absolute atomic E-state index is 0. The molecule has 1 aliphatic carbocycles. The molecule has 0 amide bonds. The summed E-state index contributed by atoms with van der Waals surface area (Å²) in [5.41, 5.74) is 0. The molecule has 0 heterocycles. The fraction of sp³-hybridized carbons (Fsp3) is 0.244. The maximum absolute atomic E-state index is 4.57. The average Bonchev–Trinajstić information content (AvgIpc) is 3.12. The van der Waals surface area contributed by atoms with Gasteiger partial charge in [-0.15, -0.1) is 0 Å². The Balaban J connectivity index is 0.000000231. The molecule has 0 bridgehead atoms. The molecule has 0 nitrogen and oxygen atoms in total. The van der Waals surface area contributed by atoms with E-state index in [0.717, 1.165) is 11.8 Å². The zero-order chi connectivity index (χ0) is 30.8. The maximum atomic E-state index is 4.57. The summed E-state index contributed by atoms with van der Waals surface area (Å²) in [7, 11) is 3.06. The minimum Gasteiger partial charge on any atom is -0.0620 e. The molecule has 236 valence electrons. The third-order valence-electron chi connectivity index (χ3n) is 8.74. The normalized spacial score (nSPS) is 13.4. The first-order chi connectivity index (χ1) is 21.8. The minimum atomic E-state index is -0.877. The summed E-state index contributed by atoms with van der Waals surface area (Å²) in [5.74, 6) is 1.88. The van der Waals surface area contributed by atoms with Gasteiger partial charge in [-0.05, 0) is 78.9 Å². The van der Waals surface area contributed by atoms with Gasteiger partial charge in [0, 0.05) is 0 Å². The van der Waals surface area contributed by atoms with E-state index in [1.807, 2.05) is 17.3 Å². The summed E-state index contributed by atoms with van der Waals surface area (Å²) < 4.78 is 0. The standard InChI is InChI=1S/C22H29P.C18H15P.CH3.ClH.Ru/c1-19(20-11-5-2-6-12-20)17-18-23(21-13-7-3-8-14-21)22-15-9-4-10-16-22;1-4-10-16(11-5-1)19(17-12-6-2-7-13-17)18-14-8-3-9-15-18;;;/h3-4,7-10,13-16,19-20H,2,5-6,11-12,17-18H2,1H3;1-15H;1H3;1H;/q;;-1;;+2/p+1/t19-;;;;/m1..../s1. The molecule has 0 aromatic heterocycles. The summed E-state index contributed by atoms with van der Waals surface area (Å²) in [6.45, 7) is 2.51. The van der Waals surface area contributed by atoms with E-state index in [-0.39, 0.29) is 7.43 Å². The van der Waals surface area contributed by atoms with Crippen molar-refractivity contribution >= 4 is 52.1 Å². The Morgan fingerprint density at radius 2 is 0.844 bits per heavy atom. The molecule has 0 N–H and O–H groups in total. The van der Waals surface area contributed by atoms with E-state index in [2.05, 4.69) is 168 Å². The SMILES string of the molecule is C[C@H](CC[PH+](c1ccccc1)c1ccccc1)C1CCCCC1.[CH3-].[Cl][Ru+].c1ccc([PH+](c2ccccc2)c2ccccc2)cc1. The first-order valence-electron chi connectivity index (χ1n) is 15.9. The molecule has 1 saturated carbocycles. The van der Waals surface area contributed by atoms with Gasteiger partial charge in [-0.1, -0.05) is 130 Å². The maximum Gasteiger partial charge on any atom is 0.102 e. The fourth-order valence-corrected chi connectivity index (χ4v) is 11.8. The van der Waals surface area contributed by atoms with Crippen LogP contribution in [0.3, 0.4) is 0 Å². The second kappa shape index (κ2) is 21.6. The van der Waals surface area contributed by atoms with Gasteiger partial charge in [0.2, 0.25) is 0 Å². The van der Waals surface area contributed by atoms with E-state index in [9.17, 15) is 0 Å². The summed E-state index contributed by atoms with van der Waals surface area (Å²) in [4.78, 5) is 0. The number of hydrogen-bond donors (Lipinski definition) is 0. The Labute approximate surface area is 290 Å². The van der Waals surface area contributed by atoms with Crippen LogP contribution in [-0.4, -0.2) is 6.16 Å². The van der Waals surface area contributed by atoms with Crippen molar-refractivity contribution in [3.63, 3.8) is 0 Å². The van der Waals surface area contributed by atoms with Gasteiger partial charge in [-0.25, -0.2) is 0 Å². The van der Waals surface area contributed by atoms with Gasteiger partial charge < -0.3 is 7.43 Å². The Morgan fingerprint density at radius 1 is 0.533 bits per heavy atom. The van der Waals surface area contributed by atoms with Crippen LogP contribution in [0.4, 0.5) is 0 Å². The molecule has 0 unspecified atom stereocenters. The Hall–Kier alpha value is -2.13. The Bertz CT molecular complexity index is 1280. The van der Waals surface area contributed by atoms with Crippen LogP contribution in [0, 0.1) is 19.3 Å². The van der Waals surface area contributed by atoms with Crippen molar-refractivity contribution < 1.29 is 17.3 Å². The number of hydrogen-bond acceptors (Lipinski definition) is 0. The summed E-state index contributed by atoms with van der Waals surface area (Å²) in [5, 5.41) is 7.44. The van der Waals surface area contributed by atoms with Crippen LogP contribution in [0.15, 0.2) is 152 Å². The monoisotopic (exact) mass is 740 g/mol. The largest absolute Gasteiger partial charge is 0.102 e. The Morgan fingerprint density at radius 3 is 1.18 bits per heavy atom. The first-order valence-corrected chi connectivity index (χ1v) is 21.4. The fourth-order valence-electron chi connectivity index (χ4n) is 6.36. The number of halogens is 1. The van der Waals surface area contributed by atoms with Crippen molar-refractivity contribution in [2.75, 3.05) is 6.16 Å². The van der Waals surface area contributed by atoms with E-state index in [1.165, 1.54) is 60.6 Å². The smallest absolute Gasteiger partial charge is 0.0620 e. The van der Waals surface area contributed by atoms with E-state index in [0.29, 0.717) is 0 Å². The van der Waals surface area contributed by atoms with Crippen molar-refractivity contribution in [3.05, 3.63) is 159 Å². The summed E-state index contributed by atoms with van der Waals surface area (Å²) in [6.07, 6.45) is 10.1. The van der Waals surface area contributed by atoms with Crippen molar-refractivity contribution in [2.24, 2.45) is 11.8 Å². The van der Waals surface area contributed by atoms with Crippen LogP contribution in [0.1, 0.15) is 45.4 Å². The number of benzene rings is 5. The third-order valence-corrected chi connectivity index (χ3v) is 14.3. The van der Waals surface area contributed by atoms with Gasteiger partial charge >= 0.3 is 27.0 Å². The van der Waals surface area contributed by atoms with Crippen molar-refractivity contribution in [1.82, 2.24) is 0 Å². The van der Waals surface area contributed by atoms with E-state index in [1.54, 1.807) is 10.6 Å². The van der Waals surface area contributed by atoms with Gasteiger partial charge in [0.15, 0.2) is 0 Å². The molecule has 0 spiro atoms. The van der Waals surface area contributed by atoms with Crippen molar-refractivity contribution in [2.45, 2.75) is 45.4 Å². The van der Waals surface area contributed by atoms with Crippen LogP contribution in [0.5, 0.6) is 0 Å². The topological polar surface area (TPSA) is 0 Å². The van der Waals surface area contributed by atoms with Crippen molar-refractivity contribution in [3.8, 4) is 0 Å². The molecule has 1 fully saturated rings. The zero-order valence-corrected chi connectivity index (χ0v) is 31.3. The third kappa shape index (κ3) is 11.9. The summed E-state index contributed by atoms with van der Waals surface area (Å²) >= 11 is 1.82. The zero-order valence-electron chi connectivity index (χ0n) is 26.8. The molecular weight excluding hydrogens is 691 g/mol. The van der Waals surface area contributed by atoms with E-state index in [4.69, 9.17) is 0 Å². The van der Waals surface area contributed by atoms with Crippen LogP contribution in [0.25, 0.3) is 0 Å². The molecule has 5 aromatic rings. The van der Waals surface area contributed by atoms with Gasteiger partial charge in [0.1, 0.15) is 15.9 Å². The molecule has 0 radical (unpaired) electrons. The van der Waals surface area contributed by atoms with Crippen LogP contribution < -0.4 is 26.5 Å². The molecule has 0 aliphatic heterocycles. The summed E-state index contributed by atoms with van der Waals surface area (Å²) in [6, 6.07) is 54.9. The van der Waals surface area contributed by atoms with Gasteiger partial charge in [0.25, 0.3) is 0 Å². The molecule has 5 aromatic carbocycles. The molecule has 6 rings (SSSR count). The van der Waals surface area contributed by atoms with Crippen LogP contribution >= 0.6 is 25.5 Å². The molecule has 0 saturated heterocycles. The van der Waals surface area contributed by atoms with Crippen LogP contribution in [-0.2, 0) is 17.3 Å². The Kier molecular flexibility index (Phi) is 17.9. The molecule has 45 heavy (non-hydrogen) atoms. The number of rotatable bonds is 9. The predicted molar refractivity (Wildman–Crippen MR) is 204 cm³/mol. The average molecular weight is 740 g/mol. The van der Waals surface area contributed by atoms with E-state index >= 15 is 0 Å². The van der Waals surface area contributed by atoms with Gasteiger partial charge in [-0.3, -0.25) is 0 Å². The predicted octanol–water partition coefficient (Wildman–Crippen LogP) is 9.77. The van der Waals surface area contributed by atoms with Crippen LogP contribution in [0.2, 0.25) is 0 Å². The van der Waals surface area contributed by atoms with E-state index < -0.39 is 15.8 Å². The molecular formula is C41H49ClP2Ru+2. The molecule has 1 atom stereocenters. The first kappa shape index (κ1) is 37.3. The molecule has 1 aliphatic rings. The second-order valence-electron chi connectivity index (χ2n) is 11.6. The quantitative estimate of drug-likeness (QED) is 0.0803. The van der Waals surface area contributed by atoms with Gasteiger partial charge in [0.05, 0.1) is 32.6 Å².